The van der Waals surface area contributed by atoms with Crippen molar-refractivity contribution >= 4 is 28.6 Å². The standard InChI is InChI=1S/C10H8ClFN2O2/c11-4-8(15)13-5-9-14-10-6(12)2-1-3-7(10)16-9/h1-3H,4-5H2,(H,13,15). The van der Waals surface area contributed by atoms with Crippen LogP contribution in [0.25, 0.3) is 11.1 Å². The molecule has 1 amide bonds. The van der Waals surface area contributed by atoms with Gasteiger partial charge >= 0.3 is 0 Å². The average Bonchev–Trinajstić information content (AvgIpc) is 2.70. The van der Waals surface area contributed by atoms with Gasteiger partial charge in [0.15, 0.2) is 11.4 Å². The Labute approximate surface area is 95.4 Å². The van der Waals surface area contributed by atoms with Crippen LogP contribution < -0.4 is 5.32 Å². The van der Waals surface area contributed by atoms with Gasteiger partial charge < -0.3 is 9.73 Å². The molecule has 0 bridgehead atoms. The Morgan fingerprint density at radius 1 is 1.56 bits per heavy atom. The lowest BCUT2D eigenvalue weighted by molar-refractivity contribution is -0.118. The van der Waals surface area contributed by atoms with Gasteiger partial charge in [-0.3, -0.25) is 4.79 Å². The Morgan fingerprint density at radius 3 is 3.06 bits per heavy atom. The molecule has 0 saturated heterocycles. The number of oxazole rings is 1. The number of nitrogens with one attached hydrogen (secondary N) is 1. The molecule has 0 spiro atoms. The van der Waals surface area contributed by atoms with Crippen LogP contribution in [0, 0.1) is 5.82 Å². The Morgan fingerprint density at radius 2 is 2.38 bits per heavy atom. The third-order valence-corrected chi connectivity index (χ3v) is 2.21. The molecule has 0 unspecified atom stereocenters. The molecule has 84 valence electrons. The first kappa shape index (κ1) is 10.9. The lowest BCUT2D eigenvalue weighted by Gasteiger charge is -1.96. The summed E-state index contributed by atoms with van der Waals surface area (Å²) in [5, 5.41) is 2.48. The second kappa shape index (κ2) is 4.49. The number of alkyl halides is 1. The summed E-state index contributed by atoms with van der Waals surface area (Å²) in [6.07, 6.45) is 0. The second-order valence-electron chi connectivity index (χ2n) is 3.10. The lowest BCUT2D eigenvalue weighted by atomic mass is 10.3. The van der Waals surface area contributed by atoms with Crippen LogP contribution in [0.15, 0.2) is 22.6 Å². The number of amides is 1. The molecule has 0 saturated carbocycles. The SMILES string of the molecule is O=C(CCl)NCc1nc2c(F)cccc2o1. The third kappa shape index (κ3) is 2.14. The summed E-state index contributed by atoms with van der Waals surface area (Å²) >= 11 is 5.30. The fraction of sp³-hybridized carbons (Fsp3) is 0.200. The highest BCUT2D eigenvalue weighted by molar-refractivity contribution is 6.27. The zero-order valence-corrected chi connectivity index (χ0v) is 8.92. The van der Waals surface area contributed by atoms with E-state index in [1.165, 1.54) is 12.1 Å². The van der Waals surface area contributed by atoms with Crippen LogP contribution >= 0.6 is 11.6 Å². The van der Waals surface area contributed by atoms with Crippen molar-refractivity contribution in [2.24, 2.45) is 0 Å². The van der Waals surface area contributed by atoms with Crippen molar-refractivity contribution in [1.82, 2.24) is 10.3 Å². The molecule has 2 rings (SSSR count). The third-order valence-electron chi connectivity index (χ3n) is 1.97. The van der Waals surface area contributed by atoms with E-state index in [2.05, 4.69) is 10.3 Å². The smallest absolute Gasteiger partial charge is 0.235 e. The molecule has 1 aromatic heterocycles. The van der Waals surface area contributed by atoms with Gasteiger partial charge in [-0.1, -0.05) is 6.07 Å². The van der Waals surface area contributed by atoms with Gasteiger partial charge in [0, 0.05) is 0 Å². The molecule has 0 aliphatic rings. The van der Waals surface area contributed by atoms with Crippen LogP contribution in [0.3, 0.4) is 0 Å². The zero-order chi connectivity index (χ0) is 11.5. The Kier molecular flexibility index (Phi) is 3.05. The zero-order valence-electron chi connectivity index (χ0n) is 8.17. The summed E-state index contributed by atoms with van der Waals surface area (Å²) in [7, 11) is 0. The summed E-state index contributed by atoms with van der Waals surface area (Å²) in [6, 6.07) is 4.44. The van der Waals surface area contributed by atoms with Crippen molar-refractivity contribution in [1.29, 1.82) is 0 Å². The average molecular weight is 243 g/mol. The number of hydrogen-bond donors (Lipinski definition) is 1. The number of nitrogens with zero attached hydrogens (tertiary/aromatic N) is 1. The van der Waals surface area contributed by atoms with E-state index < -0.39 is 5.82 Å². The maximum absolute atomic E-state index is 13.2. The minimum Gasteiger partial charge on any atom is -0.439 e. The maximum Gasteiger partial charge on any atom is 0.235 e. The minimum absolute atomic E-state index is 0.0969. The van der Waals surface area contributed by atoms with Gasteiger partial charge in [0.2, 0.25) is 11.8 Å². The number of aromatic nitrogens is 1. The number of carbonyl (C=O) groups is 1. The van der Waals surface area contributed by atoms with Crippen LogP contribution in [0.2, 0.25) is 0 Å². The molecule has 4 nitrogen and oxygen atoms in total. The van der Waals surface area contributed by atoms with Crippen molar-refractivity contribution in [3.63, 3.8) is 0 Å². The van der Waals surface area contributed by atoms with Gasteiger partial charge in [0.1, 0.15) is 11.4 Å². The monoisotopic (exact) mass is 242 g/mol. The second-order valence-corrected chi connectivity index (χ2v) is 3.37. The van der Waals surface area contributed by atoms with Gasteiger partial charge in [0.05, 0.1) is 6.54 Å². The molecule has 6 heteroatoms. The molecule has 1 aromatic carbocycles. The molecule has 1 heterocycles. The van der Waals surface area contributed by atoms with Crippen molar-refractivity contribution in [2.75, 3.05) is 5.88 Å². The topological polar surface area (TPSA) is 55.1 Å². The highest BCUT2D eigenvalue weighted by Gasteiger charge is 2.09. The van der Waals surface area contributed by atoms with Crippen molar-refractivity contribution in [3.8, 4) is 0 Å². The molecular formula is C10H8ClFN2O2. The number of benzene rings is 1. The van der Waals surface area contributed by atoms with E-state index >= 15 is 0 Å². The Hall–Kier alpha value is -1.62. The number of fused-ring (bicyclic) bond motifs is 1. The van der Waals surface area contributed by atoms with E-state index in [1.54, 1.807) is 6.07 Å². The van der Waals surface area contributed by atoms with Gasteiger partial charge in [-0.15, -0.1) is 11.6 Å². The molecule has 0 aliphatic carbocycles. The molecule has 1 N–H and O–H groups in total. The lowest BCUT2D eigenvalue weighted by Crippen LogP contribution is -2.23. The van der Waals surface area contributed by atoms with Gasteiger partial charge in [-0.05, 0) is 12.1 Å². The fourth-order valence-corrected chi connectivity index (χ4v) is 1.35. The van der Waals surface area contributed by atoms with Gasteiger partial charge in [0.25, 0.3) is 0 Å². The van der Waals surface area contributed by atoms with E-state index in [1.807, 2.05) is 0 Å². The highest BCUT2D eigenvalue weighted by atomic mass is 35.5. The predicted octanol–water partition coefficient (Wildman–Crippen LogP) is 1.82. The highest BCUT2D eigenvalue weighted by Crippen LogP contribution is 2.17. The van der Waals surface area contributed by atoms with Crippen LogP contribution in [-0.4, -0.2) is 16.8 Å². The van der Waals surface area contributed by atoms with Crippen LogP contribution in [0.5, 0.6) is 0 Å². The number of carbonyl (C=O) groups excluding carboxylic acids is 1. The summed E-state index contributed by atoms with van der Waals surface area (Å²) in [6.45, 7) is 0.0969. The van der Waals surface area contributed by atoms with Gasteiger partial charge in [-0.2, -0.15) is 0 Å². The van der Waals surface area contributed by atoms with E-state index in [4.69, 9.17) is 16.0 Å². The fourth-order valence-electron chi connectivity index (χ4n) is 1.26. The summed E-state index contributed by atoms with van der Waals surface area (Å²) in [4.78, 5) is 14.8. The van der Waals surface area contributed by atoms with Crippen LogP contribution in [-0.2, 0) is 11.3 Å². The molecule has 0 fully saturated rings. The first-order chi connectivity index (χ1) is 7.70. The molecular weight excluding hydrogens is 235 g/mol. The summed E-state index contributed by atoms with van der Waals surface area (Å²) in [5.41, 5.74) is 0.521. The molecule has 0 radical (unpaired) electrons. The Balaban J connectivity index is 2.20. The van der Waals surface area contributed by atoms with E-state index in [9.17, 15) is 9.18 Å². The summed E-state index contributed by atoms with van der Waals surface area (Å²) in [5.74, 6) is -0.659. The Bertz CT molecular complexity index is 527. The largest absolute Gasteiger partial charge is 0.439 e. The van der Waals surface area contributed by atoms with Gasteiger partial charge in [-0.25, -0.2) is 9.37 Å². The number of para-hydroxylation sites is 1. The molecule has 16 heavy (non-hydrogen) atoms. The molecule has 0 atom stereocenters. The minimum atomic E-state index is -0.448. The number of halogens is 2. The molecule has 0 aliphatic heterocycles. The van der Waals surface area contributed by atoms with E-state index in [-0.39, 0.29) is 29.7 Å². The van der Waals surface area contributed by atoms with E-state index in [0.29, 0.717) is 5.58 Å². The van der Waals surface area contributed by atoms with E-state index in [0.717, 1.165) is 0 Å². The normalized spacial score (nSPS) is 10.6. The van der Waals surface area contributed by atoms with Crippen molar-refractivity contribution in [2.45, 2.75) is 6.54 Å². The van der Waals surface area contributed by atoms with Crippen LogP contribution in [0.1, 0.15) is 5.89 Å². The van der Waals surface area contributed by atoms with Crippen molar-refractivity contribution in [3.05, 3.63) is 29.9 Å². The first-order valence-corrected chi connectivity index (χ1v) is 5.11. The number of hydrogen-bond acceptors (Lipinski definition) is 3. The molecule has 2 aromatic rings. The first-order valence-electron chi connectivity index (χ1n) is 4.57. The number of rotatable bonds is 3. The predicted molar refractivity (Wildman–Crippen MR) is 56.5 cm³/mol. The summed E-state index contributed by atoms with van der Waals surface area (Å²) < 4.78 is 18.5. The van der Waals surface area contributed by atoms with Crippen molar-refractivity contribution < 1.29 is 13.6 Å². The quantitative estimate of drug-likeness (QED) is 0.836. The van der Waals surface area contributed by atoms with Crippen LogP contribution in [0.4, 0.5) is 4.39 Å². The maximum atomic E-state index is 13.2.